The maximum atomic E-state index is 10.7. The largest absolute Gasteiger partial charge is 0.318 e. The molecule has 0 saturated heterocycles. The van der Waals surface area contributed by atoms with E-state index in [1.807, 2.05) is 36.1 Å². The zero-order chi connectivity index (χ0) is 11.8. The fourth-order valence-corrected chi connectivity index (χ4v) is 2.54. The fourth-order valence-electron chi connectivity index (χ4n) is 1.29. The third-order valence-corrected chi connectivity index (χ3v) is 3.44. The van der Waals surface area contributed by atoms with Gasteiger partial charge in [0.25, 0.3) is 0 Å². The third-order valence-electron chi connectivity index (χ3n) is 1.98. The number of hydrogen-bond acceptors (Lipinski definition) is 4. The van der Waals surface area contributed by atoms with Crippen LogP contribution in [0.4, 0.5) is 0 Å². The molecule has 0 fully saturated rings. The van der Waals surface area contributed by atoms with Gasteiger partial charge < -0.3 is 4.57 Å². The highest BCUT2D eigenvalue weighted by Crippen LogP contribution is 2.14. The van der Waals surface area contributed by atoms with E-state index in [1.54, 1.807) is 4.57 Å². The standard InChI is InChI=1S/C8H10N4O2S2/c1-12-6-4-2-3-5-7(6)15-8(12)10-11-16(9,13)14/h2-5,11H,1H3,(H2,9,13,14)/b10-8-. The molecule has 0 amide bonds. The summed E-state index contributed by atoms with van der Waals surface area (Å²) in [6, 6.07) is 7.69. The predicted octanol–water partition coefficient (Wildman–Crippen LogP) is -0.151. The maximum Gasteiger partial charge on any atom is 0.311 e. The molecule has 0 bridgehead atoms. The molecule has 0 radical (unpaired) electrons. The highest BCUT2D eigenvalue weighted by molar-refractivity contribution is 7.87. The molecule has 0 aliphatic rings. The summed E-state index contributed by atoms with van der Waals surface area (Å²) < 4.78 is 24.2. The van der Waals surface area contributed by atoms with E-state index in [4.69, 9.17) is 5.14 Å². The fraction of sp³-hybridized carbons (Fsp3) is 0.125. The lowest BCUT2D eigenvalue weighted by Gasteiger charge is -1.95. The predicted molar refractivity (Wildman–Crippen MR) is 62.6 cm³/mol. The van der Waals surface area contributed by atoms with Crippen molar-refractivity contribution in [3.63, 3.8) is 0 Å². The number of rotatable bonds is 2. The molecule has 1 aromatic carbocycles. The van der Waals surface area contributed by atoms with Gasteiger partial charge in [-0.1, -0.05) is 23.5 Å². The van der Waals surface area contributed by atoms with Crippen LogP contribution < -0.4 is 14.8 Å². The van der Waals surface area contributed by atoms with Crippen LogP contribution >= 0.6 is 11.3 Å². The monoisotopic (exact) mass is 258 g/mol. The number of fused-ring (bicyclic) bond motifs is 1. The number of aryl methyl sites for hydroxylation is 1. The number of aromatic nitrogens is 1. The van der Waals surface area contributed by atoms with Crippen molar-refractivity contribution in [1.82, 2.24) is 9.40 Å². The van der Waals surface area contributed by atoms with Gasteiger partial charge in [0.05, 0.1) is 10.2 Å². The van der Waals surface area contributed by atoms with Crippen molar-refractivity contribution in [2.75, 3.05) is 0 Å². The number of hydrogen-bond donors (Lipinski definition) is 2. The number of nitrogens with zero attached hydrogens (tertiary/aromatic N) is 2. The molecule has 0 atom stereocenters. The van der Waals surface area contributed by atoms with E-state index in [9.17, 15) is 8.42 Å². The topological polar surface area (TPSA) is 89.5 Å². The summed E-state index contributed by atoms with van der Waals surface area (Å²) in [6.45, 7) is 0. The first-order valence-electron chi connectivity index (χ1n) is 4.35. The van der Waals surface area contributed by atoms with Crippen LogP contribution in [0.5, 0.6) is 0 Å². The summed E-state index contributed by atoms with van der Waals surface area (Å²) in [5, 5.41) is 8.52. The number of nitrogens with one attached hydrogen (secondary N) is 1. The van der Waals surface area contributed by atoms with Crippen molar-refractivity contribution in [3.05, 3.63) is 29.1 Å². The molecule has 0 unspecified atom stereocenters. The van der Waals surface area contributed by atoms with Crippen molar-refractivity contribution in [2.45, 2.75) is 0 Å². The molecular weight excluding hydrogens is 248 g/mol. The summed E-state index contributed by atoms with van der Waals surface area (Å²) >= 11 is 1.38. The van der Waals surface area contributed by atoms with Crippen LogP contribution in [0, 0.1) is 0 Å². The van der Waals surface area contributed by atoms with Crippen LogP contribution in [0.25, 0.3) is 10.2 Å². The van der Waals surface area contributed by atoms with Crippen molar-refractivity contribution in [3.8, 4) is 0 Å². The molecule has 6 nitrogen and oxygen atoms in total. The Hall–Kier alpha value is -1.38. The first kappa shape index (κ1) is 11.1. The minimum Gasteiger partial charge on any atom is -0.318 e. The van der Waals surface area contributed by atoms with Crippen LogP contribution in [0.1, 0.15) is 0 Å². The number of para-hydroxylation sites is 1. The lowest BCUT2D eigenvalue weighted by Crippen LogP contribution is -2.29. The average molecular weight is 258 g/mol. The summed E-state index contributed by atoms with van der Waals surface area (Å²) in [5.74, 6) is 0. The molecule has 8 heteroatoms. The Balaban J connectivity index is 2.58. The van der Waals surface area contributed by atoms with Crippen LogP contribution in [0.15, 0.2) is 29.4 Å². The maximum absolute atomic E-state index is 10.7. The Morgan fingerprint density at radius 2 is 2.12 bits per heavy atom. The lowest BCUT2D eigenvalue weighted by atomic mass is 10.3. The quantitative estimate of drug-likeness (QED) is 0.733. The first-order valence-corrected chi connectivity index (χ1v) is 6.71. The molecule has 0 aliphatic heterocycles. The van der Waals surface area contributed by atoms with Gasteiger partial charge in [-0.3, -0.25) is 0 Å². The van der Waals surface area contributed by atoms with Gasteiger partial charge in [-0.05, 0) is 12.1 Å². The number of benzene rings is 1. The highest BCUT2D eigenvalue weighted by Gasteiger charge is 2.02. The van der Waals surface area contributed by atoms with Gasteiger partial charge in [0, 0.05) is 7.05 Å². The highest BCUT2D eigenvalue weighted by atomic mass is 32.2. The Labute approximate surface area is 96.2 Å². The summed E-state index contributed by atoms with van der Waals surface area (Å²) in [7, 11) is -1.99. The molecule has 0 spiro atoms. The van der Waals surface area contributed by atoms with Crippen molar-refractivity contribution in [1.29, 1.82) is 0 Å². The lowest BCUT2D eigenvalue weighted by molar-refractivity contribution is 0.584. The van der Waals surface area contributed by atoms with Crippen LogP contribution in [0.2, 0.25) is 0 Å². The Morgan fingerprint density at radius 3 is 2.75 bits per heavy atom. The normalized spacial score (nSPS) is 13.2. The average Bonchev–Trinajstić information content (AvgIpc) is 2.53. The van der Waals surface area contributed by atoms with E-state index in [0.29, 0.717) is 4.80 Å². The summed E-state index contributed by atoms with van der Waals surface area (Å²) in [4.78, 5) is 2.44. The molecule has 0 saturated carbocycles. The molecule has 0 aliphatic carbocycles. The van der Waals surface area contributed by atoms with Crippen LogP contribution in [-0.4, -0.2) is 13.0 Å². The van der Waals surface area contributed by atoms with Gasteiger partial charge in [-0.15, -0.1) is 5.10 Å². The zero-order valence-electron chi connectivity index (χ0n) is 8.41. The minimum atomic E-state index is -3.80. The molecule has 1 heterocycles. The van der Waals surface area contributed by atoms with Crippen molar-refractivity contribution in [2.24, 2.45) is 17.3 Å². The second kappa shape index (κ2) is 3.89. The molecule has 3 N–H and O–H groups in total. The van der Waals surface area contributed by atoms with Gasteiger partial charge in [-0.2, -0.15) is 13.2 Å². The molecule has 1 aromatic heterocycles. The van der Waals surface area contributed by atoms with E-state index in [1.165, 1.54) is 11.3 Å². The van der Waals surface area contributed by atoms with Crippen LogP contribution in [-0.2, 0) is 17.3 Å². The van der Waals surface area contributed by atoms with Crippen molar-refractivity contribution < 1.29 is 8.42 Å². The molecule has 2 aromatic rings. The van der Waals surface area contributed by atoms with Gasteiger partial charge in [0.2, 0.25) is 4.80 Å². The molecular formula is C8H10N4O2S2. The summed E-state index contributed by atoms with van der Waals surface area (Å²) in [6.07, 6.45) is 0. The molecule has 86 valence electrons. The van der Waals surface area contributed by atoms with Gasteiger partial charge in [-0.25, -0.2) is 5.14 Å². The van der Waals surface area contributed by atoms with E-state index < -0.39 is 10.2 Å². The van der Waals surface area contributed by atoms with Gasteiger partial charge >= 0.3 is 10.2 Å². The number of thiazole rings is 1. The Kier molecular flexibility index (Phi) is 2.70. The smallest absolute Gasteiger partial charge is 0.311 e. The van der Waals surface area contributed by atoms with Crippen LogP contribution in [0.3, 0.4) is 0 Å². The third kappa shape index (κ3) is 2.23. The second-order valence-electron chi connectivity index (χ2n) is 3.16. The van der Waals surface area contributed by atoms with Gasteiger partial charge in [0.1, 0.15) is 0 Å². The first-order chi connectivity index (χ1) is 7.47. The molecule has 2 rings (SSSR count). The minimum absolute atomic E-state index is 0.537. The van der Waals surface area contributed by atoms with Crippen molar-refractivity contribution >= 4 is 31.8 Å². The zero-order valence-corrected chi connectivity index (χ0v) is 10.0. The summed E-state index contributed by atoms with van der Waals surface area (Å²) in [5.41, 5.74) is 0.988. The van der Waals surface area contributed by atoms with E-state index in [-0.39, 0.29) is 0 Å². The van der Waals surface area contributed by atoms with E-state index >= 15 is 0 Å². The van der Waals surface area contributed by atoms with E-state index in [2.05, 4.69) is 5.10 Å². The second-order valence-corrected chi connectivity index (χ2v) is 5.44. The Bertz CT molecular complexity index is 683. The molecule has 16 heavy (non-hydrogen) atoms. The Morgan fingerprint density at radius 1 is 1.44 bits per heavy atom. The van der Waals surface area contributed by atoms with Gasteiger partial charge in [0.15, 0.2) is 0 Å². The SMILES string of the molecule is Cn1/c(=N/NS(N)(=O)=O)sc2ccccc21. The number of nitrogens with two attached hydrogens (primary N) is 1. The van der Waals surface area contributed by atoms with E-state index in [0.717, 1.165) is 10.2 Å².